The molecule has 1 aliphatic heterocycles. The zero-order chi connectivity index (χ0) is 30.3. The molecule has 0 aromatic heterocycles. The Kier molecular flexibility index (Phi) is 22.2. The smallest absolute Gasteiger partial charge is 0.220 e. The van der Waals surface area contributed by atoms with Gasteiger partial charge in [0.2, 0.25) is 5.91 Å². The number of amides is 1. The highest BCUT2D eigenvalue weighted by Gasteiger charge is 2.44. The maximum atomic E-state index is 12.7. The fourth-order valence-electron chi connectivity index (χ4n) is 4.81. The monoisotopic (exact) mass is 585 g/mol. The molecular weight excluding hydrogens is 526 g/mol. The van der Waals surface area contributed by atoms with Gasteiger partial charge >= 0.3 is 0 Å². The van der Waals surface area contributed by atoms with Crippen molar-refractivity contribution in [2.45, 2.75) is 159 Å². The molecule has 7 atom stereocenters. The van der Waals surface area contributed by atoms with E-state index in [1.807, 2.05) is 6.08 Å². The van der Waals surface area contributed by atoms with Gasteiger partial charge in [-0.1, -0.05) is 102 Å². The second kappa shape index (κ2) is 24.1. The second-order valence-electron chi connectivity index (χ2n) is 11.2. The molecule has 9 heteroatoms. The van der Waals surface area contributed by atoms with Gasteiger partial charge in [0.05, 0.1) is 25.4 Å². The van der Waals surface area contributed by atoms with E-state index in [0.29, 0.717) is 6.42 Å². The molecule has 41 heavy (non-hydrogen) atoms. The Balaban J connectivity index is 2.59. The van der Waals surface area contributed by atoms with Gasteiger partial charge in [0.15, 0.2) is 6.29 Å². The van der Waals surface area contributed by atoms with Crippen LogP contribution in [0.5, 0.6) is 0 Å². The van der Waals surface area contributed by atoms with Gasteiger partial charge in [0, 0.05) is 6.42 Å². The topological polar surface area (TPSA) is 149 Å². The molecule has 1 amide bonds. The van der Waals surface area contributed by atoms with Gasteiger partial charge in [-0.05, 0) is 32.1 Å². The predicted molar refractivity (Wildman–Crippen MR) is 161 cm³/mol. The van der Waals surface area contributed by atoms with Crippen LogP contribution in [-0.4, -0.2) is 87.5 Å². The Labute approximate surface area is 248 Å². The number of allylic oxidation sites excluding steroid dienone is 3. The summed E-state index contributed by atoms with van der Waals surface area (Å²) in [4.78, 5) is 12.7. The number of carbonyl (C=O) groups is 1. The van der Waals surface area contributed by atoms with Crippen molar-refractivity contribution in [3.05, 3.63) is 24.3 Å². The van der Waals surface area contributed by atoms with E-state index in [1.54, 1.807) is 6.08 Å². The minimum absolute atomic E-state index is 0.196. The largest absolute Gasteiger partial charge is 0.394 e. The molecule has 0 aliphatic carbocycles. The molecule has 6 N–H and O–H groups in total. The lowest BCUT2D eigenvalue weighted by molar-refractivity contribution is -0.302. The quantitative estimate of drug-likeness (QED) is 0.0734. The molecule has 1 rings (SSSR count). The van der Waals surface area contributed by atoms with Crippen LogP contribution >= 0.6 is 0 Å². The molecule has 0 aromatic carbocycles. The molecule has 1 fully saturated rings. The molecule has 9 nitrogen and oxygen atoms in total. The first-order valence-corrected chi connectivity index (χ1v) is 16.1. The van der Waals surface area contributed by atoms with Crippen LogP contribution in [0.4, 0.5) is 0 Å². The molecule has 0 spiro atoms. The van der Waals surface area contributed by atoms with E-state index in [2.05, 4.69) is 31.3 Å². The number of rotatable bonds is 24. The average molecular weight is 586 g/mol. The normalized spacial score (nSPS) is 24.7. The third kappa shape index (κ3) is 16.8. The van der Waals surface area contributed by atoms with Gasteiger partial charge < -0.3 is 40.3 Å². The molecule has 1 heterocycles. The molecule has 1 aliphatic rings. The summed E-state index contributed by atoms with van der Waals surface area (Å²) in [5.41, 5.74) is 0. The predicted octanol–water partition coefficient (Wildman–Crippen LogP) is 4.04. The third-order valence-corrected chi connectivity index (χ3v) is 7.53. The molecule has 0 saturated carbocycles. The summed E-state index contributed by atoms with van der Waals surface area (Å²) in [5, 5.41) is 53.4. The van der Waals surface area contributed by atoms with Crippen molar-refractivity contribution in [1.29, 1.82) is 0 Å². The lowest BCUT2D eigenvalue weighted by atomic mass is 9.99. The van der Waals surface area contributed by atoms with Crippen molar-refractivity contribution >= 4 is 5.91 Å². The molecule has 2 unspecified atom stereocenters. The molecule has 1 saturated heterocycles. The number of nitrogens with one attached hydrogen (secondary N) is 1. The third-order valence-electron chi connectivity index (χ3n) is 7.53. The van der Waals surface area contributed by atoms with Crippen molar-refractivity contribution in [3.63, 3.8) is 0 Å². The van der Waals surface area contributed by atoms with Crippen molar-refractivity contribution in [1.82, 2.24) is 5.32 Å². The summed E-state index contributed by atoms with van der Waals surface area (Å²) in [7, 11) is 0. The molecule has 240 valence electrons. The van der Waals surface area contributed by atoms with Crippen LogP contribution in [0.1, 0.15) is 117 Å². The van der Waals surface area contributed by atoms with E-state index in [9.17, 15) is 30.3 Å². The first kappa shape index (κ1) is 37.7. The first-order chi connectivity index (χ1) is 19.8. The van der Waals surface area contributed by atoms with Crippen LogP contribution in [-0.2, 0) is 14.3 Å². The highest BCUT2D eigenvalue weighted by molar-refractivity contribution is 5.76. The molecule has 0 radical (unpaired) electrons. The van der Waals surface area contributed by atoms with Crippen LogP contribution in [0.25, 0.3) is 0 Å². The van der Waals surface area contributed by atoms with Gasteiger partial charge in [-0.25, -0.2) is 0 Å². The lowest BCUT2D eigenvalue weighted by Crippen LogP contribution is -2.60. The van der Waals surface area contributed by atoms with Crippen molar-refractivity contribution in [2.75, 3.05) is 13.2 Å². The van der Waals surface area contributed by atoms with E-state index in [0.717, 1.165) is 38.5 Å². The molecule has 0 bridgehead atoms. The van der Waals surface area contributed by atoms with Crippen LogP contribution in [0.3, 0.4) is 0 Å². The fourth-order valence-corrected chi connectivity index (χ4v) is 4.81. The summed E-state index contributed by atoms with van der Waals surface area (Å²) in [6, 6.07) is -0.811. The van der Waals surface area contributed by atoms with Gasteiger partial charge in [-0.3, -0.25) is 4.79 Å². The van der Waals surface area contributed by atoms with Crippen LogP contribution in [0.15, 0.2) is 24.3 Å². The van der Waals surface area contributed by atoms with Gasteiger partial charge in [0.1, 0.15) is 24.4 Å². The number of ether oxygens (including phenoxy) is 2. The van der Waals surface area contributed by atoms with Gasteiger partial charge in [-0.15, -0.1) is 0 Å². The first-order valence-electron chi connectivity index (χ1n) is 16.1. The summed E-state index contributed by atoms with van der Waals surface area (Å²) < 4.78 is 11.1. The number of aliphatic hydroxyl groups is 5. The maximum absolute atomic E-state index is 12.7. The minimum atomic E-state index is -1.56. The second-order valence-corrected chi connectivity index (χ2v) is 11.2. The standard InChI is InChI=1S/C32H59NO8/c1-3-5-7-9-11-13-15-17-19-21-26(35)25(24-40-32-31(39)30(38)29(37)27(23-34)41-32)33-28(36)22-20-18-16-14-12-10-8-6-4-2/h11,13,19,21,25-27,29-32,34-35,37-39H,3-10,12,14-18,20,22-24H2,1-2H3,(H,33,36)/b13-11+,21-19+/t25-,26+,27+,29+,30?,31?,32+/m0/s1. The van der Waals surface area contributed by atoms with Crippen LogP contribution in [0.2, 0.25) is 0 Å². The number of unbranched alkanes of at least 4 members (excludes halogenated alkanes) is 12. The summed E-state index contributed by atoms with van der Waals surface area (Å²) in [6.45, 7) is 3.63. The average Bonchev–Trinajstić information content (AvgIpc) is 2.97. The maximum Gasteiger partial charge on any atom is 0.220 e. The summed E-state index contributed by atoms with van der Waals surface area (Å²) in [5.74, 6) is -0.196. The van der Waals surface area contributed by atoms with Crippen LogP contribution < -0.4 is 5.32 Å². The van der Waals surface area contributed by atoms with E-state index in [1.165, 1.54) is 57.8 Å². The number of carbonyl (C=O) groups excluding carboxylic acids is 1. The SMILES string of the molecule is CCCCC/C=C/CC/C=C/[C@@H](O)[C@H](CO[C@@H]1O[C@H](CO)[C@@H](O)C(O)C1O)NC(=O)CCCCCCCCCCC. The Morgan fingerprint density at radius 3 is 2.05 bits per heavy atom. The van der Waals surface area contributed by atoms with Gasteiger partial charge in [0.25, 0.3) is 0 Å². The summed E-state index contributed by atoms with van der Waals surface area (Å²) >= 11 is 0. The van der Waals surface area contributed by atoms with E-state index >= 15 is 0 Å². The number of hydrogen-bond donors (Lipinski definition) is 6. The Morgan fingerprint density at radius 2 is 1.39 bits per heavy atom. The molecular formula is C32H59NO8. The Hall–Kier alpha value is -1.33. The number of hydrogen-bond acceptors (Lipinski definition) is 8. The minimum Gasteiger partial charge on any atom is -0.394 e. The summed E-state index contributed by atoms with van der Waals surface area (Å²) in [6.07, 6.45) is 16.7. The highest BCUT2D eigenvalue weighted by Crippen LogP contribution is 2.22. The van der Waals surface area contributed by atoms with Crippen molar-refractivity contribution in [2.24, 2.45) is 0 Å². The van der Waals surface area contributed by atoms with E-state index in [-0.39, 0.29) is 12.5 Å². The highest BCUT2D eigenvalue weighted by atomic mass is 16.7. The zero-order valence-electron chi connectivity index (χ0n) is 25.5. The van der Waals surface area contributed by atoms with Crippen molar-refractivity contribution < 1.29 is 39.8 Å². The number of aliphatic hydroxyl groups excluding tert-OH is 5. The van der Waals surface area contributed by atoms with E-state index < -0.39 is 49.5 Å². The Morgan fingerprint density at radius 1 is 0.805 bits per heavy atom. The lowest BCUT2D eigenvalue weighted by Gasteiger charge is -2.40. The molecule has 0 aromatic rings. The van der Waals surface area contributed by atoms with Gasteiger partial charge in [-0.2, -0.15) is 0 Å². The van der Waals surface area contributed by atoms with E-state index in [4.69, 9.17) is 9.47 Å². The zero-order valence-corrected chi connectivity index (χ0v) is 25.5. The fraction of sp³-hybridized carbons (Fsp3) is 0.844. The van der Waals surface area contributed by atoms with Crippen LogP contribution in [0, 0.1) is 0 Å². The van der Waals surface area contributed by atoms with Crippen molar-refractivity contribution in [3.8, 4) is 0 Å². The Bertz CT molecular complexity index is 701.